The van der Waals surface area contributed by atoms with Crippen molar-refractivity contribution in [1.82, 2.24) is 0 Å². The van der Waals surface area contributed by atoms with Crippen LogP contribution in [-0.2, 0) is 27.7 Å². The van der Waals surface area contributed by atoms with E-state index >= 15 is 0 Å². The number of hydrogen-bond donors (Lipinski definition) is 7. The zero-order valence-corrected chi connectivity index (χ0v) is 16.4. The second-order valence-electron chi connectivity index (χ2n) is 6.15. The van der Waals surface area contributed by atoms with Gasteiger partial charge in [-0.1, -0.05) is 0 Å². The molecule has 0 spiro atoms. The highest BCUT2D eigenvalue weighted by Gasteiger charge is 2.45. The van der Waals surface area contributed by atoms with Crippen LogP contribution in [0.3, 0.4) is 0 Å². The predicted molar refractivity (Wildman–Crippen MR) is 87.3 cm³/mol. The van der Waals surface area contributed by atoms with Crippen molar-refractivity contribution in [2.24, 2.45) is 0 Å². The number of aliphatic hydroxyl groups excluding tert-OH is 3. The summed E-state index contributed by atoms with van der Waals surface area (Å²) in [6, 6.07) is 0. The fourth-order valence-corrected chi connectivity index (χ4v) is 3.88. The van der Waals surface area contributed by atoms with Crippen LogP contribution in [0.25, 0.3) is 0 Å². The lowest BCUT2D eigenvalue weighted by Gasteiger charge is -2.19. The van der Waals surface area contributed by atoms with Crippen molar-refractivity contribution in [1.29, 1.82) is 0 Å². The van der Waals surface area contributed by atoms with E-state index in [4.69, 9.17) is 39.3 Å². The first-order valence-corrected chi connectivity index (χ1v) is 11.0. The van der Waals surface area contributed by atoms with Gasteiger partial charge < -0.3 is 44.4 Å². The Kier molecular flexibility index (Phi) is 9.44. The maximum Gasteiger partial charge on any atom is 0.470 e. The monoisotopic (exact) mass is 440 g/mol. The molecule has 13 nitrogen and oxygen atoms in total. The minimum absolute atomic E-state index is 0.145. The number of rotatable bonds is 6. The SMILES string of the molecule is C[C@@H]1O[C@H](CO)[C@@H](OP(=O)(O)O)[C@H]1O.C[C@H]1C[C@H](OP(=O)(O)O)[C@@H](CO)O1. The Morgan fingerprint density at radius 2 is 1.44 bits per heavy atom. The van der Waals surface area contributed by atoms with E-state index in [9.17, 15) is 14.2 Å². The Balaban J connectivity index is 0.000000271. The highest BCUT2D eigenvalue weighted by atomic mass is 31.2. The molecule has 2 aliphatic heterocycles. The number of hydrogen-bond acceptors (Lipinski definition) is 9. The second-order valence-corrected chi connectivity index (χ2v) is 8.54. The molecule has 2 rings (SSSR count). The summed E-state index contributed by atoms with van der Waals surface area (Å²) in [6.07, 6.45) is -5.00. The van der Waals surface area contributed by atoms with E-state index in [0.29, 0.717) is 6.42 Å². The third kappa shape index (κ3) is 8.50. The lowest BCUT2D eigenvalue weighted by atomic mass is 10.1. The third-order valence-corrected chi connectivity index (χ3v) is 4.91. The minimum Gasteiger partial charge on any atom is -0.394 e. The Morgan fingerprint density at radius 3 is 1.89 bits per heavy atom. The van der Waals surface area contributed by atoms with Crippen LogP contribution < -0.4 is 0 Å². The van der Waals surface area contributed by atoms with Crippen LogP contribution in [0.5, 0.6) is 0 Å². The number of phosphoric acid groups is 2. The molecule has 2 heterocycles. The summed E-state index contributed by atoms with van der Waals surface area (Å²) in [5.74, 6) is 0. The summed E-state index contributed by atoms with van der Waals surface area (Å²) < 4.78 is 39.9. The number of ether oxygens (including phenoxy) is 2. The van der Waals surface area contributed by atoms with Gasteiger partial charge in [0.15, 0.2) is 0 Å². The standard InChI is InChI=1S/C6H13O7P.C6H13O6P/c1-3-5(8)6(4(2-7)12-3)13-14(9,10)11;1-4-2-5(6(3-7)11-4)12-13(8,9)10/h3-8H,2H2,1H3,(H2,9,10,11);4-7H,2-3H2,1H3,(H2,8,9,10)/t3-,4+,5-,6+;4-,5-,6+/m00/s1. The average Bonchev–Trinajstić information content (AvgIpc) is 2.98. The minimum atomic E-state index is -4.68. The Bertz CT molecular complexity index is 547. The van der Waals surface area contributed by atoms with Gasteiger partial charge in [-0.15, -0.1) is 0 Å². The Morgan fingerprint density at radius 1 is 0.926 bits per heavy atom. The maximum atomic E-state index is 10.5. The topological polar surface area (TPSA) is 213 Å². The third-order valence-electron chi connectivity index (χ3n) is 3.85. The van der Waals surface area contributed by atoms with E-state index in [-0.39, 0.29) is 12.7 Å². The molecule has 162 valence electrons. The molecule has 7 N–H and O–H groups in total. The molecule has 27 heavy (non-hydrogen) atoms. The zero-order valence-electron chi connectivity index (χ0n) is 14.6. The molecule has 2 fully saturated rings. The van der Waals surface area contributed by atoms with Crippen molar-refractivity contribution in [3.05, 3.63) is 0 Å². The largest absolute Gasteiger partial charge is 0.470 e. The molecule has 0 unspecified atom stereocenters. The quantitative estimate of drug-likeness (QED) is 0.228. The molecule has 15 heteroatoms. The highest BCUT2D eigenvalue weighted by molar-refractivity contribution is 7.46. The van der Waals surface area contributed by atoms with Crippen LogP contribution in [0.2, 0.25) is 0 Å². The summed E-state index contributed by atoms with van der Waals surface area (Å²) in [5, 5.41) is 27.0. The van der Waals surface area contributed by atoms with Gasteiger partial charge in [0.25, 0.3) is 0 Å². The van der Waals surface area contributed by atoms with Gasteiger partial charge in [0.05, 0.1) is 25.4 Å². The second kappa shape index (κ2) is 10.2. The highest BCUT2D eigenvalue weighted by Crippen LogP contribution is 2.42. The normalized spacial score (nSPS) is 37.1. The van der Waals surface area contributed by atoms with Gasteiger partial charge >= 0.3 is 15.6 Å². The molecule has 0 amide bonds. The molecule has 2 saturated heterocycles. The van der Waals surface area contributed by atoms with Gasteiger partial charge in [0.2, 0.25) is 0 Å². The van der Waals surface area contributed by atoms with Crippen LogP contribution in [0.4, 0.5) is 0 Å². The lowest BCUT2D eigenvalue weighted by molar-refractivity contribution is -0.0169. The maximum absolute atomic E-state index is 10.5. The van der Waals surface area contributed by atoms with Crippen LogP contribution in [0.15, 0.2) is 0 Å². The van der Waals surface area contributed by atoms with Crippen molar-refractivity contribution < 1.29 is 62.5 Å². The number of aliphatic hydroxyl groups is 3. The average molecular weight is 440 g/mol. The summed E-state index contributed by atoms with van der Waals surface area (Å²) in [7, 11) is -9.16. The van der Waals surface area contributed by atoms with Crippen molar-refractivity contribution in [3.63, 3.8) is 0 Å². The van der Waals surface area contributed by atoms with Crippen LogP contribution in [-0.4, -0.2) is 90.8 Å². The van der Waals surface area contributed by atoms with E-state index in [1.807, 2.05) is 0 Å². The van der Waals surface area contributed by atoms with Gasteiger partial charge in [0, 0.05) is 6.42 Å². The molecular weight excluding hydrogens is 414 g/mol. The summed E-state index contributed by atoms with van der Waals surface area (Å²) in [6.45, 7) is 2.52. The fraction of sp³-hybridized carbons (Fsp3) is 1.00. The molecule has 0 aliphatic carbocycles. The summed E-state index contributed by atoms with van der Waals surface area (Å²) in [5.41, 5.74) is 0. The summed E-state index contributed by atoms with van der Waals surface area (Å²) in [4.78, 5) is 34.1. The van der Waals surface area contributed by atoms with Crippen LogP contribution >= 0.6 is 15.6 Å². The fourth-order valence-electron chi connectivity index (χ4n) is 2.72. The van der Waals surface area contributed by atoms with E-state index in [0.717, 1.165) is 0 Å². The van der Waals surface area contributed by atoms with Gasteiger partial charge in [-0.3, -0.25) is 9.05 Å². The molecule has 7 atom stereocenters. The smallest absolute Gasteiger partial charge is 0.394 e. The van der Waals surface area contributed by atoms with Gasteiger partial charge in [0.1, 0.15) is 30.5 Å². The molecule has 0 bridgehead atoms. The van der Waals surface area contributed by atoms with E-state index in [1.165, 1.54) is 6.92 Å². The van der Waals surface area contributed by atoms with Gasteiger partial charge in [-0.2, -0.15) is 0 Å². The van der Waals surface area contributed by atoms with Gasteiger partial charge in [-0.05, 0) is 13.8 Å². The molecule has 0 aromatic heterocycles. The Labute approximate surface area is 155 Å². The molecule has 0 aromatic carbocycles. The zero-order chi connectivity index (χ0) is 21.0. The van der Waals surface area contributed by atoms with Crippen molar-refractivity contribution in [2.75, 3.05) is 13.2 Å². The predicted octanol–water partition coefficient (Wildman–Crippen LogP) is -1.76. The van der Waals surface area contributed by atoms with E-state index < -0.39 is 58.9 Å². The van der Waals surface area contributed by atoms with E-state index in [2.05, 4.69) is 9.05 Å². The number of phosphoric ester groups is 2. The van der Waals surface area contributed by atoms with Crippen molar-refractivity contribution >= 4 is 15.6 Å². The van der Waals surface area contributed by atoms with E-state index in [1.54, 1.807) is 6.92 Å². The van der Waals surface area contributed by atoms with Crippen LogP contribution in [0.1, 0.15) is 20.3 Å². The van der Waals surface area contributed by atoms with Gasteiger partial charge in [-0.25, -0.2) is 9.13 Å². The lowest BCUT2D eigenvalue weighted by Crippen LogP contribution is -2.35. The molecule has 0 radical (unpaired) electrons. The first-order chi connectivity index (χ1) is 12.3. The molecule has 2 aliphatic rings. The first-order valence-electron chi connectivity index (χ1n) is 7.96. The summed E-state index contributed by atoms with van der Waals surface area (Å²) >= 11 is 0. The molecular formula is C12H26O13P2. The molecule has 0 saturated carbocycles. The molecule has 0 aromatic rings. The Hall–Kier alpha value is 0.0200. The van der Waals surface area contributed by atoms with Crippen LogP contribution in [0, 0.1) is 0 Å². The van der Waals surface area contributed by atoms with Crippen molar-refractivity contribution in [2.45, 2.75) is 63.0 Å². The van der Waals surface area contributed by atoms with Crippen molar-refractivity contribution in [3.8, 4) is 0 Å². The first kappa shape index (κ1) is 25.1.